The van der Waals surface area contributed by atoms with Gasteiger partial charge in [-0.25, -0.2) is 0 Å². The molecule has 1 heterocycles. The van der Waals surface area contributed by atoms with Gasteiger partial charge < -0.3 is 9.84 Å². The quantitative estimate of drug-likeness (QED) is 0.657. The van der Waals surface area contributed by atoms with Gasteiger partial charge in [0.05, 0.1) is 12.0 Å². The van der Waals surface area contributed by atoms with Gasteiger partial charge in [-0.1, -0.05) is 6.07 Å². The summed E-state index contributed by atoms with van der Waals surface area (Å²) in [5, 5.41) is 20.2. The number of benzene rings is 1. The highest BCUT2D eigenvalue weighted by molar-refractivity contribution is 5.48. The van der Waals surface area contributed by atoms with E-state index in [-0.39, 0.29) is 18.0 Å². The number of nitro benzene ring substituents is 1. The van der Waals surface area contributed by atoms with Crippen LogP contribution >= 0.6 is 0 Å². The van der Waals surface area contributed by atoms with Crippen molar-refractivity contribution in [3.63, 3.8) is 0 Å². The lowest BCUT2D eigenvalue weighted by Gasteiger charge is -2.31. The Bertz CT molecular complexity index is 478. The van der Waals surface area contributed by atoms with Gasteiger partial charge in [0, 0.05) is 25.8 Å². The Hall–Kier alpha value is -1.66. The van der Waals surface area contributed by atoms with Gasteiger partial charge in [0.15, 0.2) is 5.75 Å². The van der Waals surface area contributed by atoms with Crippen molar-refractivity contribution in [2.45, 2.75) is 19.4 Å². The molecule has 0 amide bonds. The van der Waals surface area contributed by atoms with Gasteiger partial charge >= 0.3 is 5.69 Å². The Balaban J connectivity index is 2.09. The van der Waals surface area contributed by atoms with Crippen LogP contribution in [0.25, 0.3) is 0 Å². The van der Waals surface area contributed by atoms with Crippen LogP contribution in [0.5, 0.6) is 5.75 Å². The topological polar surface area (TPSA) is 75.8 Å². The van der Waals surface area contributed by atoms with Gasteiger partial charge in [0.25, 0.3) is 0 Å². The van der Waals surface area contributed by atoms with Gasteiger partial charge in [-0.05, 0) is 36.9 Å². The van der Waals surface area contributed by atoms with E-state index in [1.54, 1.807) is 12.1 Å². The number of hydrogen-bond donors (Lipinski definition) is 1. The molecule has 1 aromatic carbocycles. The van der Waals surface area contributed by atoms with Crippen LogP contribution in [0.3, 0.4) is 0 Å². The number of hydrogen-bond acceptors (Lipinski definition) is 5. The second-order valence-electron chi connectivity index (χ2n) is 5.19. The minimum absolute atomic E-state index is 0.000664. The lowest BCUT2D eigenvalue weighted by molar-refractivity contribution is -0.385. The molecule has 0 saturated carbocycles. The average molecular weight is 280 g/mol. The van der Waals surface area contributed by atoms with Gasteiger partial charge in [0.2, 0.25) is 0 Å². The van der Waals surface area contributed by atoms with Crippen LogP contribution in [-0.2, 0) is 6.54 Å². The Kier molecular flexibility index (Phi) is 4.92. The van der Waals surface area contributed by atoms with Gasteiger partial charge in [0.1, 0.15) is 0 Å². The van der Waals surface area contributed by atoms with Gasteiger partial charge in [-0.3, -0.25) is 15.0 Å². The summed E-state index contributed by atoms with van der Waals surface area (Å²) < 4.78 is 5.00. The molecule has 0 aromatic heterocycles. The number of piperidine rings is 1. The summed E-state index contributed by atoms with van der Waals surface area (Å²) in [5.74, 6) is 0.600. The molecule has 1 aromatic rings. The monoisotopic (exact) mass is 280 g/mol. The predicted molar refractivity (Wildman–Crippen MR) is 74.7 cm³/mol. The fourth-order valence-corrected chi connectivity index (χ4v) is 2.68. The molecule has 20 heavy (non-hydrogen) atoms. The number of nitro groups is 1. The Morgan fingerprint density at radius 2 is 2.35 bits per heavy atom. The van der Waals surface area contributed by atoms with E-state index < -0.39 is 4.92 Å². The number of ether oxygens (including phenoxy) is 1. The number of likely N-dealkylation sites (tertiary alicyclic amines) is 1. The maximum atomic E-state index is 11.0. The second-order valence-corrected chi connectivity index (χ2v) is 5.19. The van der Waals surface area contributed by atoms with E-state index in [1.165, 1.54) is 7.11 Å². The number of methoxy groups -OCH3 is 1. The number of rotatable bonds is 5. The Morgan fingerprint density at radius 3 is 3.00 bits per heavy atom. The van der Waals surface area contributed by atoms with Crippen molar-refractivity contribution in [1.29, 1.82) is 0 Å². The molecule has 0 aliphatic carbocycles. The molecule has 1 N–H and O–H groups in total. The van der Waals surface area contributed by atoms with Crippen LogP contribution in [0, 0.1) is 16.0 Å². The first-order valence-electron chi connectivity index (χ1n) is 6.78. The summed E-state index contributed by atoms with van der Waals surface area (Å²) in [6.45, 7) is 2.69. The average Bonchev–Trinajstić information content (AvgIpc) is 2.47. The maximum absolute atomic E-state index is 11.0. The molecule has 1 atom stereocenters. The van der Waals surface area contributed by atoms with Crippen molar-refractivity contribution in [2.24, 2.45) is 5.92 Å². The first kappa shape index (κ1) is 14.7. The molecule has 1 saturated heterocycles. The van der Waals surface area contributed by atoms with Crippen molar-refractivity contribution in [1.82, 2.24) is 4.90 Å². The van der Waals surface area contributed by atoms with Crippen LogP contribution in [-0.4, -0.2) is 41.7 Å². The largest absolute Gasteiger partial charge is 0.490 e. The minimum Gasteiger partial charge on any atom is -0.490 e. The third kappa shape index (κ3) is 3.46. The standard InChI is InChI=1S/C14H20N2O4/c1-20-14-5-4-11(7-13(14)16(18)19)8-15-6-2-3-12(9-15)10-17/h4-5,7,12,17H,2-3,6,8-10H2,1H3. The number of nitrogens with zero attached hydrogens (tertiary/aromatic N) is 2. The first-order chi connectivity index (χ1) is 9.63. The normalized spacial score (nSPS) is 19.8. The summed E-state index contributed by atoms with van der Waals surface area (Å²) in [5.41, 5.74) is 0.900. The summed E-state index contributed by atoms with van der Waals surface area (Å²) in [7, 11) is 1.43. The third-order valence-corrected chi connectivity index (χ3v) is 3.71. The highest BCUT2D eigenvalue weighted by Gasteiger charge is 2.21. The highest BCUT2D eigenvalue weighted by Crippen LogP contribution is 2.28. The Morgan fingerprint density at radius 1 is 1.55 bits per heavy atom. The molecule has 110 valence electrons. The third-order valence-electron chi connectivity index (χ3n) is 3.71. The van der Waals surface area contributed by atoms with E-state index in [9.17, 15) is 15.2 Å². The fourth-order valence-electron chi connectivity index (χ4n) is 2.68. The van der Waals surface area contributed by atoms with Crippen molar-refractivity contribution in [3.8, 4) is 5.75 Å². The Labute approximate surface area is 118 Å². The van der Waals surface area contributed by atoms with Crippen molar-refractivity contribution in [2.75, 3.05) is 26.8 Å². The van der Waals surface area contributed by atoms with E-state index in [0.717, 1.165) is 31.5 Å². The molecule has 0 radical (unpaired) electrons. The van der Waals surface area contributed by atoms with E-state index in [4.69, 9.17) is 4.74 Å². The second kappa shape index (κ2) is 6.67. The van der Waals surface area contributed by atoms with Crippen LogP contribution in [0.1, 0.15) is 18.4 Å². The highest BCUT2D eigenvalue weighted by atomic mass is 16.6. The van der Waals surface area contributed by atoms with Crippen molar-refractivity contribution < 1.29 is 14.8 Å². The van der Waals surface area contributed by atoms with Gasteiger partial charge in [-0.2, -0.15) is 0 Å². The molecule has 1 unspecified atom stereocenters. The van der Waals surface area contributed by atoms with Crippen molar-refractivity contribution in [3.05, 3.63) is 33.9 Å². The van der Waals surface area contributed by atoms with E-state index in [1.807, 2.05) is 6.07 Å². The predicted octanol–water partition coefficient (Wildman–Crippen LogP) is 1.81. The zero-order valence-corrected chi connectivity index (χ0v) is 11.6. The summed E-state index contributed by atoms with van der Waals surface area (Å²) >= 11 is 0. The summed E-state index contributed by atoms with van der Waals surface area (Å²) in [6, 6.07) is 5.07. The zero-order chi connectivity index (χ0) is 14.5. The smallest absolute Gasteiger partial charge is 0.311 e. The van der Waals surface area contributed by atoms with Crippen LogP contribution < -0.4 is 4.74 Å². The molecule has 1 aliphatic heterocycles. The van der Waals surface area contributed by atoms with E-state index in [0.29, 0.717) is 12.5 Å². The van der Waals surface area contributed by atoms with Crippen LogP contribution in [0.2, 0.25) is 0 Å². The molecule has 2 rings (SSSR count). The van der Waals surface area contributed by atoms with E-state index >= 15 is 0 Å². The van der Waals surface area contributed by atoms with Crippen LogP contribution in [0.15, 0.2) is 18.2 Å². The van der Waals surface area contributed by atoms with E-state index in [2.05, 4.69) is 4.90 Å². The van der Waals surface area contributed by atoms with Crippen LogP contribution in [0.4, 0.5) is 5.69 Å². The molecular formula is C14H20N2O4. The minimum atomic E-state index is -0.422. The van der Waals surface area contributed by atoms with Gasteiger partial charge in [-0.15, -0.1) is 0 Å². The van der Waals surface area contributed by atoms with Crippen molar-refractivity contribution >= 4 is 5.69 Å². The first-order valence-corrected chi connectivity index (χ1v) is 6.78. The zero-order valence-electron chi connectivity index (χ0n) is 11.6. The molecule has 0 spiro atoms. The fraction of sp³-hybridized carbons (Fsp3) is 0.571. The molecule has 6 nitrogen and oxygen atoms in total. The number of aliphatic hydroxyl groups is 1. The maximum Gasteiger partial charge on any atom is 0.311 e. The molecule has 1 aliphatic rings. The molecule has 6 heteroatoms. The SMILES string of the molecule is COc1ccc(CN2CCCC(CO)C2)cc1[N+](=O)[O-]. The molecule has 0 bridgehead atoms. The molecular weight excluding hydrogens is 260 g/mol. The lowest BCUT2D eigenvalue weighted by atomic mass is 9.98. The summed E-state index contributed by atoms with van der Waals surface area (Å²) in [6.07, 6.45) is 2.11. The molecule has 1 fully saturated rings. The number of aliphatic hydroxyl groups excluding tert-OH is 1. The lowest BCUT2D eigenvalue weighted by Crippen LogP contribution is -2.36. The summed E-state index contributed by atoms with van der Waals surface area (Å²) in [4.78, 5) is 12.8.